The number of aryl methyl sites for hydroxylation is 1. The van der Waals surface area contributed by atoms with Crippen LogP contribution < -0.4 is 4.74 Å². The maximum atomic E-state index is 11.6. The van der Waals surface area contributed by atoms with Gasteiger partial charge in [-0.25, -0.2) is 4.79 Å². The van der Waals surface area contributed by atoms with Crippen LogP contribution in [-0.2, 0) is 9.63 Å². The maximum Gasteiger partial charge on any atom is 0.372 e. The molecule has 110 valence electrons. The van der Waals surface area contributed by atoms with Gasteiger partial charge < -0.3 is 9.57 Å². The number of benzene rings is 1. The molecule has 0 atom stereocenters. The Bertz CT molecular complexity index is 666. The minimum atomic E-state index is -0.555. The van der Waals surface area contributed by atoms with Crippen LogP contribution in [0.3, 0.4) is 0 Å². The van der Waals surface area contributed by atoms with Gasteiger partial charge in [-0.2, -0.15) is 0 Å². The second kappa shape index (κ2) is 7.24. The average Bonchev–Trinajstić information content (AvgIpc) is 2.90. The van der Waals surface area contributed by atoms with Crippen molar-refractivity contribution in [2.24, 2.45) is 5.16 Å². The number of nitrogens with zero attached hydrogens (tertiary/aromatic N) is 1. The predicted octanol–water partition coefficient (Wildman–Crippen LogP) is 4.06. The van der Waals surface area contributed by atoms with Crippen molar-refractivity contribution in [3.63, 3.8) is 0 Å². The minimum Gasteiger partial charge on any atom is -0.482 e. The van der Waals surface area contributed by atoms with Crippen molar-refractivity contribution in [1.29, 1.82) is 0 Å². The zero-order valence-corrected chi connectivity index (χ0v) is 13.2. The summed E-state index contributed by atoms with van der Waals surface area (Å²) in [7, 11) is 0. The first-order valence-electron chi connectivity index (χ1n) is 6.25. The number of oxime groups is 1. The molecule has 0 amide bonds. The SMILES string of the molecule is CC(=NOC(=O)COc1ccccc1C)c1ccc(Cl)s1. The quantitative estimate of drug-likeness (QED) is 0.473. The predicted molar refractivity (Wildman–Crippen MR) is 84.3 cm³/mol. The number of thiophene rings is 1. The highest BCUT2D eigenvalue weighted by atomic mass is 35.5. The summed E-state index contributed by atoms with van der Waals surface area (Å²) in [6.45, 7) is 3.47. The van der Waals surface area contributed by atoms with Crippen molar-refractivity contribution in [1.82, 2.24) is 0 Å². The number of halogens is 1. The summed E-state index contributed by atoms with van der Waals surface area (Å²) in [6.07, 6.45) is 0. The Hall–Kier alpha value is -1.85. The van der Waals surface area contributed by atoms with Crippen LogP contribution in [-0.4, -0.2) is 18.3 Å². The van der Waals surface area contributed by atoms with E-state index in [1.54, 1.807) is 19.1 Å². The number of hydrogen-bond acceptors (Lipinski definition) is 5. The first-order valence-corrected chi connectivity index (χ1v) is 7.44. The van der Waals surface area contributed by atoms with Crippen molar-refractivity contribution in [3.8, 4) is 5.75 Å². The zero-order chi connectivity index (χ0) is 15.2. The molecule has 2 aromatic rings. The summed E-state index contributed by atoms with van der Waals surface area (Å²) in [6, 6.07) is 11.0. The molecule has 1 aromatic heterocycles. The zero-order valence-electron chi connectivity index (χ0n) is 11.6. The van der Waals surface area contributed by atoms with E-state index in [1.165, 1.54) is 11.3 Å². The first kappa shape index (κ1) is 15.5. The molecule has 0 saturated heterocycles. The standard InChI is InChI=1S/C15H14ClNO3S/c1-10-5-3-4-6-12(10)19-9-15(18)20-17-11(2)13-7-8-14(16)21-13/h3-8H,9H2,1-2H3. The molecular formula is C15H14ClNO3S. The third kappa shape index (κ3) is 4.58. The van der Waals surface area contributed by atoms with Gasteiger partial charge in [0.15, 0.2) is 6.61 Å². The van der Waals surface area contributed by atoms with Gasteiger partial charge >= 0.3 is 5.97 Å². The van der Waals surface area contributed by atoms with Gasteiger partial charge in [0, 0.05) is 0 Å². The van der Waals surface area contributed by atoms with E-state index in [-0.39, 0.29) is 6.61 Å². The number of hydrogen-bond donors (Lipinski definition) is 0. The van der Waals surface area contributed by atoms with E-state index in [0.717, 1.165) is 10.4 Å². The molecule has 0 unspecified atom stereocenters. The lowest BCUT2D eigenvalue weighted by Gasteiger charge is -2.06. The lowest BCUT2D eigenvalue weighted by atomic mass is 10.2. The van der Waals surface area contributed by atoms with Crippen molar-refractivity contribution in [2.45, 2.75) is 13.8 Å². The van der Waals surface area contributed by atoms with E-state index in [2.05, 4.69) is 5.16 Å². The fourth-order valence-electron chi connectivity index (χ4n) is 1.55. The Morgan fingerprint density at radius 2 is 2.05 bits per heavy atom. The smallest absolute Gasteiger partial charge is 0.372 e. The van der Waals surface area contributed by atoms with Gasteiger partial charge in [-0.1, -0.05) is 35.0 Å². The number of rotatable bonds is 5. The molecule has 0 saturated carbocycles. The number of para-hydroxylation sites is 1. The third-order valence-electron chi connectivity index (χ3n) is 2.65. The van der Waals surface area contributed by atoms with Gasteiger partial charge in [0.25, 0.3) is 0 Å². The molecule has 1 heterocycles. The first-order chi connectivity index (χ1) is 10.1. The van der Waals surface area contributed by atoms with Crippen molar-refractivity contribution in [3.05, 3.63) is 51.2 Å². The molecule has 0 N–H and O–H groups in total. The summed E-state index contributed by atoms with van der Waals surface area (Å²) < 4.78 is 6.04. The molecule has 0 aliphatic carbocycles. The van der Waals surface area contributed by atoms with E-state index in [0.29, 0.717) is 15.8 Å². The molecule has 21 heavy (non-hydrogen) atoms. The average molecular weight is 324 g/mol. The Kier molecular flexibility index (Phi) is 5.36. The van der Waals surface area contributed by atoms with Crippen molar-refractivity contribution >= 4 is 34.6 Å². The third-order valence-corrected chi connectivity index (χ3v) is 3.99. The molecule has 0 spiro atoms. The van der Waals surface area contributed by atoms with Crippen LogP contribution in [0, 0.1) is 6.92 Å². The van der Waals surface area contributed by atoms with E-state index in [4.69, 9.17) is 21.2 Å². The van der Waals surface area contributed by atoms with Gasteiger partial charge in [-0.05, 0) is 37.6 Å². The Morgan fingerprint density at radius 1 is 1.29 bits per heavy atom. The largest absolute Gasteiger partial charge is 0.482 e. The van der Waals surface area contributed by atoms with Crippen LogP contribution >= 0.6 is 22.9 Å². The Morgan fingerprint density at radius 3 is 2.71 bits per heavy atom. The van der Waals surface area contributed by atoms with E-state index < -0.39 is 5.97 Å². The normalized spacial score (nSPS) is 11.3. The van der Waals surface area contributed by atoms with Gasteiger partial charge in [-0.15, -0.1) is 11.3 Å². The monoisotopic (exact) mass is 323 g/mol. The van der Waals surface area contributed by atoms with Gasteiger partial charge in [-0.3, -0.25) is 0 Å². The molecule has 1 aromatic carbocycles. The van der Waals surface area contributed by atoms with E-state index >= 15 is 0 Å². The van der Waals surface area contributed by atoms with Crippen molar-refractivity contribution in [2.75, 3.05) is 6.61 Å². The molecule has 0 radical (unpaired) electrons. The fourth-order valence-corrected chi connectivity index (χ4v) is 2.53. The molecule has 2 rings (SSSR count). The van der Waals surface area contributed by atoms with Crippen LogP contribution in [0.4, 0.5) is 0 Å². The highest BCUT2D eigenvalue weighted by molar-refractivity contribution is 7.18. The highest BCUT2D eigenvalue weighted by Crippen LogP contribution is 2.22. The second-order valence-corrected chi connectivity index (χ2v) is 6.01. The van der Waals surface area contributed by atoms with Crippen molar-refractivity contribution < 1.29 is 14.4 Å². The molecule has 0 aliphatic heterocycles. The van der Waals surface area contributed by atoms with Crippen LogP contribution in [0.25, 0.3) is 0 Å². The summed E-state index contributed by atoms with van der Waals surface area (Å²) in [5, 5.41) is 3.78. The van der Waals surface area contributed by atoms with Crippen LogP contribution in [0.2, 0.25) is 4.34 Å². The number of ether oxygens (including phenoxy) is 1. The second-order valence-electron chi connectivity index (χ2n) is 4.30. The summed E-state index contributed by atoms with van der Waals surface area (Å²) in [4.78, 5) is 17.3. The molecule has 0 bridgehead atoms. The molecular weight excluding hydrogens is 310 g/mol. The number of carbonyl (C=O) groups excluding carboxylic acids is 1. The molecule has 6 heteroatoms. The van der Waals surface area contributed by atoms with Gasteiger partial charge in [0.2, 0.25) is 0 Å². The van der Waals surface area contributed by atoms with Crippen LogP contribution in [0.15, 0.2) is 41.6 Å². The Balaban J connectivity index is 1.86. The summed E-state index contributed by atoms with van der Waals surface area (Å²) in [5.41, 5.74) is 1.55. The number of carbonyl (C=O) groups is 1. The molecule has 4 nitrogen and oxygen atoms in total. The topological polar surface area (TPSA) is 47.9 Å². The molecule has 0 aliphatic rings. The Labute approximate surface area is 131 Å². The van der Waals surface area contributed by atoms with E-state index in [9.17, 15) is 4.79 Å². The maximum absolute atomic E-state index is 11.6. The van der Waals surface area contributed by atoms with Gasteiger partial charge in [0.05, 0.1) is 14.9 Å². The summed E-state index contributed by atoms with van der Waals surface area (Å²) in [5.74, 6) is 0.0976. The van der Waals surface area contributed by atoms with Gasteiger partial charge in [0.1, 0.15) is 5.75 Å². The lowest BCUT2D eigenvalue weighted by Crippen LogP contribution is -2.13. The minimum absolute atomic E-state index is 0.188. The lowest BCUT2D eigenvalue weighted by molar-refractivity contribution is -0.146. The van der Waals surface area contributed by atoms with E-state index in [1.807, 2.05) is 31.2 Å². The van der Waals surface area contributed by atoms with Crippen LogP contribution in [0.1, 0.15) is 17.4 Å². The van der Waals surface area contributed by atoms with Crippen LogP contribution in [0.5, 0.6) is 5.75 Å². The molecule has 0 fully saturated rings. The fraction of sp³-hybridized carbons (Fsp3) is 0.200. The summed E-state index contributed by atoms with van der Waals surface area (Å²) >= 11 is 7.21. The highest BCUT2D eigenvalue weighted by Gasteiger charge is 2.07.